The minimum atomic E-state index is -3.78. The molecule has 1 amide bonds. The van der Waals surface area contributed by atoms with Gasteiger partial charge in [0.2, 0.25) is 10.0 Å². The molecule has 33 heavy (non-hydrogen) atoms. The average Bonchev–Trinajstić information content (AvgIpc) is 3.28. The standard InChI is InChI=1S/C25H24N4O3S/c1-26-25(30)20-13-15-23(16-14-20)33(31,32)28(2)17-21-18-29(22-11-7-4-8-12-22)27-24(21)19-9-5-3-6-10-19/h3-16,18H,17H2,1-2H3,(H,26,30). The number of carbonyl (C=O) groups excluding carboxylic acids is 1. The molecule has 0 aliphatic rings. The van der Waals surface area contributed by atoms with Crippen LogP contribution in [0.15, 0.2) is 96.0 Å². The third-order valence-corrected chi connectivity index (χ3v) is 7.12. The van der Waals surface area contributed by atoms with Gasteiger partial charge in [0.1, 0.15) is 0 Å². The number of nitrogens with zero attached hydrogens (tertiary/aromatic N) is 3. The first-order valence-corrected chi connectivity index (χ1v) is 11.8. The summed E-state index contributed by atoms with van der Waals surface area (Å²) in [4.78, 5) is 11.9. The smallest absolute Gasteiger partial charge is 0.251 e. The summed E-state index contributed by atoms with van der Waals surface area (Å²) in [7, 11) is -0.709. The van der Waals surface area contributed by atoms with Crippen molar-refractivity contribution < 1.29 is 13.2 Å². The van der Waals surface area contributed by atoms with Gasteiger partial charge in [-0.15, -0.1) is 0 Å². The van der Waals surface area contributed by atoms with Crippen LogP contribution in [0.2, 0.25) is 0 Å². The van der Waals surface area contributed by atoms with E-state index < -0.39 is 10.0 Å². The number of amides is 1. The predicted octanol–water partition coefficient (Wildman–Crippen LogP) is 3.72. The SMILES string of the molecule is CNC(=O)c1ccc(S(=O)(=O)N(C)Cc2cn(-c3ccccc3)nc2-c2ccccc2)cc1. The fourth-order valence-electron chi connectivity index (χ4n) is 3.50. The van der Waals surface area contributed by atoms with Gasteiger partial charge >= 0.3 is 0 Å². The summed E-state index contributed by atoms with van der Waals surface area (Å²) in [6, 6.07) is 25.3. The summed E-state index contributed by atoms with van der Waals surface area (Å²) in [5.41, 5.74) is 3.68. The number of rotatable bonds is 7. The van der Waals surface area contributed by atoms with E-state index in [-0.39, 0.29) is 17.3 Å². The van der Waals surface area contributed by atoms with Gasteiger partial charge in [-0.05, 0) is 36.4 Å². The lowest BCUT2D eigenvalue weighted by atomic mass is 10.1. The molecular formula is C25H24N4O3S. The molecule has 0 aliphatic heterocycles. The molecule has 1 heterocycles. The fraction of sp³-hybridized carbons (Fsp3) is 0.120. The van der Waals surface area contributed by atoms with E-state index in [2.05, 4.69) is 5.32 Å². The molecule has 0 atom stereocenters. The first kappa shape index (κ1) is 22.4. The molecule has 4 rings (SSSR count). The van der Waals surface area contributed by atoms with Crippen molar-refractivity contribution in [2.75, 3.05) is 14.1 Å². The highest BCUT2D eigenvalue weighted by atomic mass is 32.2. The molecule has 0 saturated carbocycles. The number of benzene rings is 3. The summed E-state index contributed by atoms with van der Waals surface area (Å²) >= 11 is 0. The second-order valence-electron chi connectivity index (χ2n) is 7.51. The first-order chi connectivity index (χ1) is 15.9. The molecule has 4 aromatic rings. The van der Waals surface area contributed by atoms with Crippen molar-refractivity contribution in [2.45, 2.75) is 11.4 Å². The predicted molar refractivity (Wildman–Crippen MR) is 127 cm³/mol. The lowest BCUT2D eigenvalue weighted by molar-refractivity contribution is 0.0963. The van der Waals surface area contributed by atoms with Crippen molar-refractivity contribution in [1.29, 1.82) is 0 Å². The van der Waals surface area contributed by atoms with Gasteiger partial charge < -0.3 is 5.32 Å². The first-order valence-electron chi connectivity index (χ1n) is 10.4. The van der Waals surface area contributed by atoms with Gasteiger partial charge in [0.25, 0.3) is 5.91 Å². The van der Waals surface area contributed by atoms with Crippen LogP contribution in [-0.2, 0) is 16.6 Å². The molecular weight excluding hydrogens is 436 g/mol. The van der Waals surface area contributed by atoms with Crippen molar-refractivity contribution in [2.24, 2.45) is 0 Å². The highest BCUT2D eigenvalue weighted by Crippen LogP contribution is 2.26. The van der Waals surface area contributed by atoms with Crippen LogP contribution in [0, 0.1) is 0 Å². The van der Waals surface area contributed by atoms with Gasteiger partial charge in [-0.3, -0.25) is 4.79 Å². The Morgan fingerprint density at radius 1 is 0.939 bits per heavy atom. The normalized spacial score (nSPS) is 11.5. The van der Waals surface area contributed by atoms with Crippen LogP contribution in [0.25, 0.3) is 16.9 Å². The molecule has 0 unspecified atom stereocenters. The van der Waals surface area contributed by atoms with Crippen LogP contribution in [0.3, 0.4) is 0 Å². The van der Waals surface area contributed by atoms with Crippen LogP contribution in [0.1, 0.15) is 15.9 Å². The molecule has 0 saturated heterocycles. The summed E-state index contributed by atoms with van der Waals surface area (Å²) in [6.45, 7) is 0.136. The zero-order chi connectivity index (χ0) is 23.4. The van der Waals surface area contributed by atoms with Crippen molar-refractivity contribution in [3.63, 3.8) is 0 Å². The Balaban J connectivity index is 1.67. The highest BCUT2D eigenvalue weighted by molar-refractivity contribution is 7.89. The monoisotopic (exact) mass is 460 g/mol. The maximum atomic E-state index is 13.2. The molecule has 168 valence electrons. The van der Waals surface area contributed by atoms with Gasteiger partial charge in [-0.2, -0.15) is 9.40 Å². The Bertz CT molecular complexity index is 1350. The molecule has 7 nitrogen and oxygen atoms in total. The van der Waals surface area contributed by atoms with Crippen molar-refractivity contribution >= 4 is 15.9 Å². The van der Waals surface area contributed by atoms with Crippen molar-refractivity contribution in [3.8, 4) is 16.9 Å². The van der Waals surface area contributed by atoms with Crippen LogP contribution < -0.4 is 5.32 Å². The van der Waals surface area contributed by atoms with E-state index in [1.54, 1.807) is 4.68 Å². The van der Waals surface area contributed by atoms with Gasteiger partial charge in [0, 0.05) is 43.5 Å². The number of hydrogen-bond donors (Lipinski definition) is 1. The molecule has 3 aromatic carbocycles. The molecule has 1 aromatic heterocycles. The van der Waals surface area contributed by atoms with E-state index >= 15 is 0 Å². The number of sulfonamides is 1. The molecule has 0 aliphatic carbocycles. The highest BCUT2D eigenvalue weighted by Gasteiger charge is 2.24. The molecule has 0 bridgehead atoms. The lowest BCUT2D eigenvalue weighted by Gasteiger charge is -2.17. The number of para-hydroxylation sites is 1. The Hall–Kier alpha value is -3.75. The zero-order valence-corrected chi connectivity index (χ0v) is 19.2. The Morgan fingerprint density at radius 2 is 1.55 bits per heavy atom. The van der Waals surface area contributed by atoms with Crippen LogP contribution in [-0.4, -0.2) is 42.5 Å². The van der Waals surface area contributed by atoms with E-state index in [9.17, 15) is 13.2 Å². The summed E-state index contributed by atoms with van der Waals surface area (Å²) in [5, 5.41) is 7.27. The maximum absolute atomic E-state index is 13.2. The number of nitrogens with one attached hydrogen (secondary N) is 1. The van der Waals surface area contributed by atoms with E-state index in [0.717, 1.165) is 22.5 Å². The minimum absolute atomic E-state index is 0.120. The second kappa shape index (κ2) is 9.40. The Labute approximate surface area is 193 Å². The van der Waals surface area contributed by atoms with Gasteiger partial charge in [0.15, 0.2) is 0 Å². The molecule has 1 N–H and O–H groups in total. The fourth-order valence-corrected chi connectivity index (χ4v) is 4.65. The average molecular weight is 461 g/mol. The number of hydrogen-bond acceptors (Lipinski definition) is 4. The summed E-state index contributed by atoms with van der Waals surface area (Å²) in [6.07, 6.45) is 1.86. The van der Waals surface area contributed by atoms with Crippen LogP contribution >= 0.6 is 0 Å². The topological polar surface area (TPSA) is 84.3 Å². The second-order valence-corrected chi connectivity index (χ2v) is 9.56. The van der Waals surface area contributed by atoms with Crippen LogP contribution in [0.5, 0.6) is 0 Å². The Kier molecular flexibility index (Phi) is 6.39. The van der Waals surface area contributed by atoms with E-state index in [1.165, 1.54) is 42.7 Å². The number of carbonyl (C=O) groups is 1. The van der Waals surface area contributed by atoms with E-state index in [4.69, 9.17) is 5.10 Å². The van der Waals surface area contributed by atoms with E-state index in [0.29, 0.717) is 5.56 Å². The summed E-state index contributed by atoms with van der Waals surface area (Å²) in [5.74, 6) is -0.270. The zero-order valence-electron chi connectivity index (χ0n) is 18.3. The van der Waals surface area contributed by atoms with Gasteiger partial charge in [-0.1, -0.05) is 48.5 Å². The molecule has 8 heteroatoms. The lowest BCUT2D eigenvalue weighted by Crippen LogP contribution is -2.26. The quantitative estimate of drug-likeness (QED) is 0.456. The van der Waals surface area contributed by atoms with Crippen molar-refractivity contribution in [3.05, 3.63) is 102 Å². The van der Waals surface area contributed by atoms with Gasteiger partial charge in [-0.25, -0.2) is 13.1 Å². The number of aromatic nitrogens is 2. The molecule has 0 fully saturated rings. The maximum Gasteiger partial charge on any atom is 0.251 e. The molecule has 0 spiro atoms. The van der Waals surface area contributed by atoms with E-state index in [1.807, 2.05) is 66.9 Å². The van der Waals surface area contributed by atoms with Gasteiger partial charge in [0.05, 0.1) is 16.3 Å². The third kappa shape index (κ3) is 4.72. The van der Waals surface area contributed by atoms with Crippen molar-refractivity contribution in [1.82, 2.24) is 19.4 Å². The minimum Gasteiger partial charge on any atom is -0.355 e. The third-order valence-electron chi connectivity index (χ3n) is 5.30. The largest absolute Gasteiger partial charge is 0.355 e. The summed E-state index contributed by atoms with van der Waals surface area (Å²) < 4.78 is 29.5. The van der Waals surface area contributed by atoms with Crippen LogP contribution in [0.4, 0.5) is 0 Å². The Morgan fingerprint density at radius 3 is 2.15 bits per heavy atom. The molecule has 0 radical (unpaired) electrons.